The Bertz CT molecular complexity index is 1240. The van der Waals surface area contributed by atoms with Crippen LogP contribution < -0.4 is 15.3 Å². The second-order valence-electron chi connectivity index (χ2n) is 6.96. The Morgan fingerprint density at radius 2 is 1.90 bits per heavy atom. The number of hydrogen-bond donors (Lipinski definition) is 1. The van der Waals surface area contributed by atoms with Gasteiger partial charge in [0.15, 0.2) is 5.17 Å². The lowest BCUT2D eigenvalue weighted by atomic mass is 10.0. The lowest BCUT2D eigenvalue weighted by molar-refractivity contribution is -0.138. The molecule has 0 fully saturated rings. The molecule has 0 saturated heterocycles. The van der Waals surface area contributed by atoms with Crippen LogP contribution in [0.3, 0.4) is 0 Å². The molecule has 1 heterocycles. The van der Waals surface area contributed by atoms with Gasteiger partial charge in [-0.3, -0.25) is 14.5 Å². The van der Waals surface area contributed by atoms with Gasteiger partial charge in [0.05, 0.1) is 17.4 Å². The highest BCUT2D eigenvalue weighted by molar-refractivity contribution is 8.15. The predicted molar refractivity (Wildman–Crippen MR) is 123 cm³/mol. The Balaban J connectivity index is 0.00000106. The SMILES string of the molecule is C=C.CC(C(=O)O)c1ccc(N(C2=NC(=O)CS2)C2=c3c4cccc3=CC4=C2)cc1. The van der Waals surface area contributed by atoms with Gasteiger partial charge < -0.3 is 5.11 Å². The maximum Gasteiger partial charge on any atom is 0.310 e. The summed E-state index contributed by atoms with van der Waals surface area (Å²) >= 11 is 1.42. The minimum Gasteiger partial charge on any atom is -0.481 e. The zero-order valence-corrected chi connectivity index (χ0v) is 17.3. The molecule has 1 N–H and O–H groups in total. The number of anilines is 1. The van der Waals surface area contributed by atoms with Gasteiger partial charge in [-0.05, 0) is 53.1 Å². The fourth-order valence-electron chi connectivity index (χ4n) is 3.80. The molecule has 0 radical (unpaired) electrons. The second-order valence-corrected chi connectivity index (χ2v) is 7.91. The summed E-state index contributed by atoms with van der Waals surface area (Å²) in [5.41, 5.74) is 4.97. The molecule has 2 aromatic carbocycles. The standard InChI is InChI=1S/C22H16N2O3S.C2H4/c1-12(21(26)27)13-5-7-16(8-6-13)24(22-23-19(25)11-28-22)18-10-15-9-14-3-2-4-17(15)20(14)18;1-2/h2-10,12H,11H2,1H3,(H,26,27);1-2H2. The van der Waals surface area contributed by atoms with E-state index >= 15 is 0 Å². The van der Waals surface area contributed by atoms with Crippen LogP contribution in [0.15, 0.2) is 66.7 Å². The zero-order chi connectivity index (χ0) is 21.4. The summed E-state index contributed by atoms with van der Waals surface area (Å²) in [5.74, 6) is -1.23. The summed E-state index contributed by atoms with van der Waals surface area (Å²) in [6.07, 6.45) is 4.29. The highest BCUT2D eigenvalue weighted by Gasteiger charge is 2.29. The van der Waals surface area contributed by atoms with Crippen LogP contribution in [0.4, 0.5) is 5.69 Å². The van der Waals surface area contributed by atoms with Gasteiger partial charge in [-0.2, -0.15) is 4.99 Å². The van der Waals surface area contributed by atoms with E-state index in [1.807, 2.05) is 35.2 Å². The number of amides is 1. The first-order chi connectivity index (χ1) is 14.5. The quantitative estimate of drug-likeness (QED) is 0.776. The predicted octanol–water partition coefficient (Wildman–Crippen LogP) is 3.11. The van der Waals surface area contributed by atoms with Gasteiger partial charge >= 0.3 is 5.97 Å². The van der Waals surface area contributed by atoms with E-state index in [4.69, 9.17) is 0 Å². The number of allylic oxidation sites excluding steroid dienone is 1. The minimum absolute atomic E-state index is 0.138. The van der Waals surface area contributed by atoms with Crippen LogP contribution in [-0.4, -0.2) is 27.9 Å². The number of aliphatic carboxylic acids is 1. The van der Waals surface area contributed by atoms with Gasteiger partial charge in [0, 0.05) is 10.9 Å². The van der Waals surface area contributed by atoms with Crippen molar-refractivity contribution in [1.82, 2.24) is 0 Å². The molecule has 0 saturated carbocycles. The number of thioether (sulfide) groups is 1. The molecule has 5 rings (SSSR count). The molecule has 1 amide bonds. The van der Waals surface area contributed by atoms with Crippen LogP contribution in [0.1, 0.15) is 24.0 Å². The van der Waals surface area contributed by atoms with Gasteiger partial charge in [-0.25, -0.2) is 0 Å². The van der Waals surface area contributed by atoms with E-state index < -0.39 is 11.9 Å². The van der Waals surface area contributed by atoms with E-state index in [0.717, 1.165) is 22.2 Å². The van der Waals surface area contributed by atoms with Crippen molar-refractivity contribution in [2.75, 3.05) is 10.7 Å². The lowest BCUT2D eigenvalue weighted by Crippen LogP contribution is -2.35. The average Bonchev–Trinajstić information content (AvgIpc) is 3.40. The highest BCUT2D eigenvalue weighted by atomic mass is 32.2. The Kier molecular flexibility index (Phi) is 5.18. The van der Waals surface area contributed by atoms with Crippen LogP contribution in [0.2, 0.25) is 0 Å². The number of aliphatic imine (C=N–C) groups is 1. The third-order valence-corrected chi connectivity index (χ3v) is 6.19. The number of amidine groups is 1. The second kappa shape index (κ2) is 7.80. The van der Waals surface area contributed by atoms with E-state index in [2.05, 4.69) is 42.4 Å². The molecule has 3 aliphatic rings. The molecule has 1 aliphatic heterocycles. The molecule has 30 heavy (non-hydrogen) atoms. The number of rotatable bonds is 4. The fourth-order valence-corrected chi connectivity index (χ4v) is 4.61. The molecule has 1 atom stereocenters. The van der Waals surface area contributed by atoms with E-state index in [1.54, 1.807) is 6.92 Å². The topological polar surface area (TPSA) is 70.0 Å². The summed E-state index contributed by atoms with van der Waals surface area (Å²) in [4.78, 5) is 29.3. The lowest BCUT2D eigenvalue weighted by Gasteiger charge is -2.25. The van der Waals surface area contributed by atoms with Crippen molar-refractivity contribution >= 4 is 51.8 Å². The van der Waals surface area contributed by atoms with Crippen LogP contribution in [-0.2, 0) is 9.59 Å². The van der Waals surface area contributed by atoms with Crippen molar-refractivity contribution in [2.24, 2.45) is 4.99 Å². The molecule has 4 bridgehead atoms. The number of hydrogen-bond acceptors (Lipinski definition) is 4. The number of carbonyl (C=O) groups is 2. The third kappa shape index (κ3) is 3.19. The van der Waals surface area contributed by atoms with Crippen LogP contribution in [0.5, 0.6) is 0 Å². The minimum atomic E-state index is -0.854. The molecular weight excluding hydrogens is 396 g/mol. The van der Waals surface area contributed by atoms with Gasteiger partial charge in [0.1, 0.15) is 0 Å². The summed E-state index contributed by atoms with van der Waals surface area (Å²) in [6, 6.07) is 13.7. The summed E-state index contributed by atoms with van der Waals surface area (Å²) in [5, 5.41) is 12.2. The first-order valence-electron chi connectivity index (χ1n) is 9.47. The van der Waals surface area contributed by atoms with Gasteiger partial charge in [0.25, 0.3) is 5.91 Å². The van der Waals surface area contributed by atoms with E-state index in [0.29, 0.717) is 10.9 Å². The summed E-state index contributed by atoms with van der Waals surface area (Å²) < 4.78 is 0. The number of nitrogens with zero attached hydrogens (tertiary/aromatic N) is 2. The Morgan fingerprint density at radius 1 is 1.17 bits per heavy atom. The zero-order valence-electron chi connectivity index (χ0n) is 16.5. The first-order valence-corrected chi connectivity index (χ1v) is 10.5. The molecular formula is C24H20N2O3S. The first kappa shape index (κ1) is 19.9. The maximum absolute atomic E-state index is 11.8. The van der Waals surface area contributed by atoms with Crippen LogP contribution in [0.25, 0.3) is 17.3 Å². The maximum atomic E-state index is 11.8. The fraction of sp³-hybridized carbons (Fsp3) is 0.125. The van der Waals surface area contributed by atoms with E-state index in [9.17, 15) is 14.7 Å². The van der Waals surface area contributed by atoms with Gasteiger partial charge in [0.2, 0.25) is 0 Å². The molecule has 5 nitrogen and oxygen atoms in total. The van der Waals surface area contributed by atoms with E-state index in [-0.39, 0.29) is 5.91 Å². The molecule has 2 aromatic rings. The van der Waals surface area contributed by atoms with Crippen molar-refractivity contribution < 1.29 is 14.7 Å². The number of benzene rings is 2. The van der Waals surface area contributed by atoms with Crippen molar-refractivity contribution in [3.8, 4) is 0 Å². The molecule has 0 aromatic heterocycles. The highest BCUT2D eigenvalue weighted by Crippen LogP contribution is 2.34. The molecule has 2 aliphatic carbocycles. The van der Waals surface area contributed by atoms with Crippen LogP contribution >= 0.6 is 11.8 Å². The van der Waals surface area contributed by atoms with Gasteiger partial charge in [-0.15, -0.1) is 13.2 Å². The molecule has 0 spiro atoms. The molecule has 6 heteroatoms. The smallest absolute Gasteiger partial charge is 0.310 e. The number of carbonyl (C=O) groups excluding carboxylic acids is 1. The number of carboxylic acids is 1. The number of carboxylic acid groups (broad SMARTS) is 1. The van der Waals surface area contributed by atoms with Crippen LogP contribution in [0, 0.1) is 0 Å². The Morgan fingerprint density at radius 3 is 2.50 bits per heavy atom. The van der Waals surface area contributed by atoms with E-state index in [1.165, 1.54) is 28.1 Å². The summed E-state index contributed by atoms with van der Waals surface area (Å²) in [6.45, 7) is 7.67. The van der Waals surface area contributed by atoms with Crippen molar-refractivity contribution in [3.63, 3.8) is 0 Å². The largest absolute Gasteiger partial charge is 0.481 e. The molecule has 1 unspecified atom stereocenters. The Hall–Kier alpha value is -3.38. The van der Waals surface area contributed by atoms with Crippen molar-refractivity contribution in [3.05, 3.63) is 83.3 Å². The Labute approximate surface area is 178 Å². The summed E-state index contributed by atoms with van der Waals surface area (Å²) in [7, 11) is 0. The van der Waals surface area contributed by atoms with Crippen molar-refractivity contribution in [1.29, 1.82) is 0 Å². The average molecular weight is 417 g/mol. The van der Waals surface area contributed by atoms with Gasteiger partial charge in [-0.1, -0.05) is 42.1 Å². The van der Waals surface area contributed by atoms with Crippen molar-refractivity contribution in [2.45, 2.75) is 12.8 Å². The monoisotopic (exact) mass is 416 g/mol. The molecule has 150 valence electrons. The normalized spacial score (nSPS) is 16.3. The third-order valence-electron chi connectivity index (χ3n) is 5.27.